The van der Waals surface area contributed by atoms with Crippen molar-refractivity contribution in [1.82, 2.24) is 29.0 Å². The Balaban J connectivity index is 1.60. The maximum atomic E-state index is 13.0. The summed E-state index contributed by atoms with van der Waals surface area (Å²) in [7, 11) is 2.02. The number of hydrogen-bond donors (Lipinski definition) is 0. The predicted octanol–water partition coefficient (Wildman–Crippen LogP) is 2.41. The molecule has 0 radical (unpaired) electrons. The molecule has 7 heteroatoms. The zero-order valence-corrected chi connectivity index (χ0v) is 15.7. The first kappa shape index (κ1) is 16.8. The highest BCUT2D eigenvalue weighted by atomic mass is 16.2. The summed E-state index contributed by atoms with van der Waals surface area (Å²) in [5.41, 5.74) is 4.11. The molecule has 1 saturated heterocycles. The van der Waals surface area contributed by atoms with Gasteiger partial charge in [0.25, 0.3) is 5.91 Å². The number of likely N-dealkylation sites (tertiary alicyclic amines) is 1. The van der Waals surface area contributed by atoms with Gasteiger partial charge in [0.2, 0.25) is 0 Å². The van der Waals surface area contributed by atoms with Gasteiger partial charge in [0.15, 0.2) is 11.3 Å². The van der Waals surface area contributed by atoms with Crippen LogP contribution in [0.15, 0.2) is 18.3 Å². The number of fused-ring (bicyclic) bond motifs is 1. The van der Waals surface area contributed by atoms with E-state index >= 15 is 0 Å². The summed E-state index contributed by atoms with van der Waals surface area (Å²) < 4.78 is 3.82. The Morgan fingerprint density at radius 3 is 2.69 bits per heavy atom. The SMILES string of the molecule is Cc1cn(C)c([C@H]2CCCN(C(=O)c3cc4nc(C)cc(C)n4n3)C2)n1. The van der Waals surface area contributed by atoms with Gasteiger partial charge in [0.1, 0.15) is 5.82 Å². The summed E-state index contributed by atoms with van der Waals surface area (Å²) >= 11 is 0. The molecule has 0 N–H and O–H groups in total. The van der Waals surface area contributed by atoms with Gasteiger partial charge < -0.3 is 9.47 Å². The first-order valence-corrected chi connectivity index (χ1v) is 9.05. The Morgan fingerprint density at radius 2 is 1.96 bits per heavy atom. The highest BCUT2D eigenvalue weighted by Gasteiger charge is 2.29. The Hall–Kier alpha value is -2.70. The molecule has 1 aliphatic rings. The summed E-state index contributed by atoms with van der Waals surface area (Å²) in [5, 5.41) is 4.49. The number of aromatic nitrogens is 5. The predicted molar refractivity (Wildman–Crippen MR) is 98.3 cm³/mol. The molecule has 1 fully saturated rings. The summed E-state index contributed by atoms with van der Waals surface area (Å²) in [5.74, 6) is 1.30. The largest absolute Gasteiger partial charge is 0.337 e. The molecule has 3 aromatic rings. The van der Waals surface area contributed by atoms with E-state index in [1.165, 1.54) is 0 Å². The molecule has 4 heterocycles. The van der Waals surface area contributed by atoms with Crippen molar-refractivity contribution in [1.29, 1.82) is 0 Å². The van der Waals surface area contributed by atoms with Crippen LogP contribution in [0.5, 0.6) is 0 Å². The number of rotatable bonds is 2. The van der Waals surface area contributed by atoms with Crippen LogP contribution in [-0.4, -0.2) is 48.0 Å². The third kappa shape index (κ3) is 2.87. The van der Waals surface area contributed by atoms with Crippen molar-refractivity contribution in [2.24, 2.45) is 7.05 Å². The minimum Gasteiger partial charge on any atom is -0.337 e. The lowest BCUT2D eigenvalue weighted by Crippen LogP contribution is -2.39. The van der Waals surface area contributed by atoms with Gasteiger partial charge in [-0.2, -0.15) is 5.10 Å². The van der Waals surface area contributed by atoms with Crippen molar-refractivity contribution in [3.63, 3.8) is 0 Å². The van der Waals surface area contributed by atoms with Gasteiger partial charge in [-0.05, 0) is 39.7 Å². The van der Waals surface area contributed by atoms with Gasteiger partial charge in [-0.15, -0.1) is 0 Å². The van der Waals surface area contributed by atoms with Gasteiger partial charge in [0, 0.05) is 49.7 Å². The van der Waals surface area contributed by atoms with E-state index in [4.69, 9.17) is 0 Å². The quantitative estimate of drug-likeness (QED) is 0.710. The average Bonchev–Trinajstić information content (AvgIpc) is 3.17. The van der Waals surface area contributed by atoms with E-state index in [-0.39, 0.29) is 11.8 Å². The second kappa shape index (κ2) is 6.23. The molecular formula is C19H24N6O. The van der Waals surface area contributed by atoms with Crippen molar-refractivity contribution in [3.05, 3.63) is 46.9 Å². The molecular weight excluding hydrogens is 328 g/mol. The fourth-order valence-corrected chi connectivity index (χ4v) is 3.94. The summed E-state index contributed by atoms with van der Waals surface area (Å²) in [6, 6.07) is 3.76. The van der Waals surface area contributed by atoms with Crippen LogP contribution in [0.4, 0.5) is 0 Å². The van der Waals surface area contributed by atoms with E-state index in [0.29, 0.717) is 12.2 Å². The van der Waals surface area contributed by atoms with Crippen LogP contribution in [0.1, 0.15) is 52.2 Å². The molecule has 4 rings (SSSR count). The molecule has 0 aliphatic carbocycles. The standard InChI is InChI=1S/C19H24N6O/c1-12-8-14(3)25-17(20-12)9-16(22-25)19(26)24-7-5-6-15(11-24)18-21-13(2)10-23(18)4/h8-10,15H,5-7,11H2,1-4H3/t15-/m0/s1. The summed E-state index contributed by atoms with van der Waals surface area (Å²) in [6.07, 6.45) is 4.07. The number of carbonyl (C=O) groups excluding carboxylic acids is 1. The fraction of sp³-hybridized carbons (Fsp3) is 0.474. The van der Waals surface area contributed by atoms with E-state index in [1.807, 2.05) is 45.0 Å². The van der Waals surface area contributed by atoms with Gasteiger partial charge in [-0.1, -0.05) is 0 Å². The maximum Gasteiger partial charge on any atom is 0.274 e. The number of imidazole rings is 1. The number of piperidine rings is 1. The van der Waals surface area contributed by atoms with Crippen molar-refractivity contribution < 1.29 is 4.79 Å². The van der Waals surface area contributed by atoms with Crippen LogP contribution in [0, 0.1) is 20.8 Å². The average molecular weight is 352 g/mol. The van der Waals surface area contributed by atoms with Gasteiger partial charge in [0.05, 0.1) is 5.69 Å². The summed E-state index contributed by atoms with van der Waals surface area (Å²) in [6.45, 7) is 7.37. The van der Waals surface area contributed by atoms with Crippen LogP contribution < -0.4 is 0 Å². The number of amides is 1. The molecule has 1 atom stereocenters. The lowest BCUT2D eigenvalue weighted by Gasteiger charge is -2.32. The third-order valence-corrected chi connectivity index (χ3v) is 5.06. The molecule has 0 aromatic carbocycles. The Kier molecular flexibility index (Phi) is 4.01. The smallest absolute Gasteiger partial charge is 0.274 e. The highest BCUT2D eigenvalue weighted by molar-refractivity contribution is 5.93. The normalized spacial score (nSPS) is 17.8. The van der Waals surface area contributed by atoms with Crippen LogP contribution in [0.2, 0.25) is 0 Å². The number of hydrogen-bond acceptors (Lipinski definition) is 4. The number of aryl methyl sites for hydroxylation is 4. The Bertz CT molecular complexity index is 985. The molecule has 0 unspecified atom stereocenters. The second-order valence-corrected chi connectivity index (χ2v) is 7.28. The minimum atomic E-state index is -0.0248. The molecule has 7 nitrogen and oxygen atoms in total. The van der Waals surface area contributed by atoms with Gasteiger partial charge in [-0.25, -0.2) is 14.5 Å². The fourth-order valence-electron chi connectivity index (χ4n) is 3.94. The molecule has 3 aromatic heterocycles. The van der Waals surface area contributed by atoms with Crippen molar-refractivity contribution in [2.75, 3.05) is 13.1 Å². The van der Waals surface area contributed by atoms with Gasteiger partial charge in [-0.3, -0.25) is 4.79 Å². The maximum absolute atomic E-state index is 13.0. The van der Waals surface area contributed by atoms with Crippen LogP contribution in [0.25, 0.3) is 5.65 Å². The second-order valence-electron chi connectivity index (χ2n) is 7.28. The molecule has 0 spiro atoms. The van der Waals surface area contributed by atoms with Crippen LogP contribution in [0.3, 0.4) is 0 Å². The van der Waals surface area contributed by atoms with Crippen LogP contribution >= 0.6 is 0 Å². The zero-order valence-electron chi connectivity index (χ0n) is 15.7. The first-order valence-electron chi connectivity index (χ1n) is 9.05. The topological polar surface area (TPSA) is 68.3 Å². The van der Waals surface area contributed by atoms with Gasteiger partial charge >= 0.3 is 0 Å². The Morgan fingerprint density at radius 1 is 1.15 bits per heavy atom. The highest BCUT2D eigenvalue weighted by Crippen LogP contribution is 2.27. The van der Waals surface area contributed by atoms with Crippen molar-refractivity contribution in [2.45, 2.75) is 39.5 Å². The minimum absolute atomic E-state index is 0.0248. The number of carbonyl (C=O) groups is 1. The molecule has 1 amide bonds. The van der Waals surface area contributed by atoms with E-state index in [1.54, 1.807) is 10.6 Å². The third-order valence-electron chi connectivity index (χ3n) is 5.06. The molecule has 0 saturated carbocycles. The molecule has 1 aliphatic heterocycles. The molecule has 0 bridgehead atoms. The van der Waals surface area contributed by atoms with E-state index in [2.05, 4.69) is 19.6 Å². The Labute approximate surface area is 152 Å². The van der Waals surface area contributed by atoms with E-state index in [9.17, 15) is 4.79 Å². The van der Waals surface area contributed by atoms with Crippen molar-refractivity contribution >= 4 is 11.6 Å². The van der Waals surface area contributed by atoms with Crippen LogP contribution in [-0.2, 0) is 7.05 Å². The lowest BCUT2D eigenvalue weighted by molar-refractivity contribution is 0.0697. The number of nitrogens with zero attached hydrogens (tertiary/aromatic N) is 6. The summed E-state index contributed by atoms with van der Waals surface area (Å²) in [4.78, 5) is 24.1. The van der Waals surface area contributed by atoms with Crippen molar-refractivity contribution in [3.8, 4) is 0 Å². The molecule has 26 heavy (non-hydrogen) atoms. The van der Waals surface area contributed by atoms with E-state index in [0.717, 1.165) is 47.9 Å². The first-order chi connectivity index (χ1) is 12.4. The zero-order chi connectivity index (χ0) is 18.4. The molecule has 136 valence electrons. The lowest BCUT2D eigenvalue weighted by atomic mass is 9.97. The monoisotopic (exact) mass is 352 g/mol. The van der Waals surface area contributed by atoms with E-state index < -0.39 is 0 Å².